The van der Waals surface area contributed by atoms with Crippen molar-refractivity contribution in [2.75, 3.05) is 31.6 Å². The Kier molecular flexibility index (Phi) is 12.1. The van der Waals surface area contributed by atoms with Gasteiger partial charge in [-0.05, 0) is 73.4 Å². The third kappa shape index (κ3) is 11.6. The van der Waals surface area contributed by atoms with Crippen molar-refractivity contribution in [1.29, 1.82) is 0 Å². The zero-order valence-electron chi connectivity index (χ0n) is 26.4. The van der Waals surface area contributed by atoms with E-state index in [4.69, 9.17) is 9.47 Å². The molecule has 2 heterocycles. The number of carbonyl (C=O) groups is 2. The number of carboxylic acids is 1. The number of alkyl halides is 3. The Morgan fingerprint density at radius 2 is 1.84 bits per heavy atom. The van der Waals surface area contributed by atoms with Gasteiger partial charge in [-0.1, -0.05) is 39.8 Å². The van der Waals surface area contributed by atoms with Gasteiger partial charge in [-0.15, -0.1) is 0 Å². The van der Waals surface area contributed by atoms with Gasteiger partial charge in [0.15, 0.2) is 0 Å². The average molecular weight is 622 g/mol. The van der Waals surface area contributed by atoms with Crippen LogP contribution in [-0.4, -0.2) is 64.9 Å². The lowest BCUT2D eigenvalue weighted by molar-refractivity contribution is -0.165. The van der Waals surface area contributed by atoms with Crippen molar-refractivity contribution >= 4 is 17.7 Å². The maximum atomic E-state index is 13.2. The maximum Gasteiger partial charge on any atom is 0.406 e. The van der Waals surface area contributed by atoms with Crippen molar-refractivity contribution in [3.05, 3.63) is 53.2 Å². The lowest BCUT2D eigenvalue weighted by atomic mass is 9.92. The molecule has 2 aromatic rings. The van der Waals surface area contributed by atoms with Crippen LogP contribution in [0.25, 0.3) is 0 Å². The number of hydrogen-bond donors (Lipinski definition) is 2. The third-order valence-electron chi connectivity index (χ3n) is 7.90. The molecule has 44 heavy (non-hydrogen) atoms. The summed E-state index contributed by atoms with van der Waals surface area (Å²) in [6.07, 6.45) is -1.83. The molecule has 2 atom stereocenters. The molecule has 0 aliphatic carbocycles. The smallest absolute Gasteiger partial charge is 0.406 e. The van der Waals surface area contributed by atoms with Gasteiger partial charge >= 0.3 is 12.1 Å². The molecule has 0 fully saturated rings. The molecule has 1 amide bonds. The molecular formula is C33H46F3N3O5. The van der Waals surface area contributed by atoms with Crippen LogP contribution in [0.1, 0.15) is 77.1 Å². The SMILES string of the molecule is CCC(C)(CCNc1cccc(CCOc2ccc3c(c2)CN(CC(F)(F)F)C(=O)[C@H](CC(=O)O)C3)n1)OCCC(C)(C)C. The van der Waals surface area contributed by atoms with E-state index in [1.54, 1.807) is 18.2 Å². The fourth-order valence-electron chi connectivity index (χ4n) is 5.05. The molecule has 1 aliphatic heterocycles. The van der Waals surface area contributed by atoms with Gasteiger partial charge in [0.2, 0.25) is 5.91 Å². The number of halogens is 3. The predicted octanol–water partition coefficient (Wildman–Crippen LogP) is 6.66. The average Bonchev–Trinajstić information content (AvgIpc) is 3.03. The molecule has 1 aromatic carbocycles. The third-order valence-corrected chi connectivity index (χ3v) is 7.90. The first-order valence-electron chi connectivity index (χ1n) is 15.2. The summed E-state index contributed by atoms with van der Waals surface area (Å²) in [5, 5.41) is 12.6. The highest BCUT2D eigenvalue weighted by Gasteiger charge is 2.38. The molecule has 0 saturated carbocycles. The molecule has 0 radical (unpaired) electrons. The molecule has 1 aliphatic rings. The van der Waals surface area contributed by atoms with Gasteiger partial charge in [-0.2, -0.15) is 13.2 Å². The van der Waals surface area contributed by atoms with E-state index in [-0.39, 0.29) is 30.6 Å². The van der Waals surface area contributed by atoms with Crippen molar-refractivity contribution in [3.63, 3.8) is 0 Å². The highest BCUT2D eigenvalue weighted by Crippen LogP contribution is 2.30. The van der Waals surface area contributed by atoms with Crippen molar-refractivity contribution < 1.29 is 37.3 Å². The Bertz CT molecular complexity index is 1260. The fraction of sp³-hybridized carbons (Fsp3) is 0.606. The van der Waals surface area contributed by atoms with Gasteiger partial charge in [0.1, 0.15) is 18.1 Å². The van der Waals surface area contributed by atoms with Crippen molar-refractivity contribution in [3.8, 4) is 5.75 Å². The van der Waals surface area contributed by atoms with Crippen LogP contribution in [0.3, 0.4) is 0 Å². The number of nitrogens with zero attached hydrogens (tertiary/aromatic N) is 2. The molecule has 244 valence electrons. The number of carbonyl (C=O) groups excluding carboxylic acids is 1. The van der Waals surface area contributed by atoms with E-state index in [1.807, 2.05) is 18.2 Å². The first-order valence-corrected chi connectivity index (χ1v) is 15.2. The summed E-state index contributed by atoms with van der Waals surface area (Å²) in [6, 6.07) is 10.8. The second-order valence-corrected chi connectivity index (χ2v) is 13.0. The molecule has 0 bridgehead atoms. The molecule has 1 unspecified atom stereocenters. The molecule has 2 N–H and O–H groups in total. The second-order valence-electron chi connectivity index (χ2n) is 13.0. The number of benzene rings is 1. The summed E-state index contributed by atoms with van der Waals surface area (Å²) in [6.45, 7) is 10.9. The van der Waals surface area contributed by atoms with Gasteiger partial charge in [0.25, 0.3) is 0 Å². The lowest BCUT2D eigenvalue weighted by Gasteiger charge is -2.30. The Morgan fingerprint density at radius 1 is 1.09 bits per heavy atom. The minimum Gasteiger partial charge on any atom is -0.493 e. The van der Waals surface area contributed by atoms with Crippen LogP contribution >= 0.6 is 0 Å². The summed E-state index contributed by atoms with van der Waals surface area (Å²) in [5.74, 6) is -1.89. The number of hydrogen-bond acceptors (Lipinski definition) is 6. The number of amides is 1. The first kappa shape index (κ1) is 35.1. The molecule has 11 heteroatoms. The summed E-state index contributed by atoms with van der Waals surface area (Å²) in [7, 11) is 0. The summed E-state index contributed by atoms with van der Waals surface area (Å²) in [4.78, 5) is 29.4. The van der Waals surface area contributed by atoms with E-state index in [1.165, 1.54) is 0 Å². The largest absolute Gasteiger partial charge is 0.493 e. The van der Waals surface area contributed by atoms with Crippen LogP contribution in [0.4, 0.5) is 19.0 Å². The summed E-state index contributed by atoms with van der Waals surface area (Å²) < 4.78 is 51.8. The summed E-state index contributed by atoms with van der Waals surface area (Å²) >= 11 is 0. The Labute approximate surface area is 258 Å². The molecule has 8 nitrogen and oxygen atoms in total. The maximum absolute atomic E-state index is 13.2. The van der Waals surface area contributed by atoms with Crippen LogP contribution in [-0.2, 0) is 33.7 Å². The Morgan fingerprint density at radius 3 is 2.50 bits per heavy atom. The minimum absolute atomic E-state index is 0.0548. The number of nitrogens with one attached hydrogen (secondary N) is 1. The highest BCUT2D eigenvalue weighted by atomic mass is 19.4. The Hall–Kier alpha value is -3.34. The molecule has 1 aromatic heterocycles. The first-order chi connectivity index (χ1) is 20.6. The van der Waals surface area contributed by atoms with Gasteiger partial charge < -0.3 is 24.8 Å². The van der Waals surface area contributed by atoms with Crippen molar-refractivity contribution in [2.24, 2.45) is 11.3 Å². The van der Waals surface area contributed by atoms with Crippen molar-refractivity contribution in [2.45, 2.75) is 91.5 Å². The van der Waals surface area contributed by atoms with E-state index < -0.39 is 36.9 Å². The van der Waals surface area contributed by atoms with Gasteiger partial charge in [0, 0.05) is 31.8 Å². The number of ether oxygens (including phenoxy) is 2. The lowest BCUT2D eigenvalue weighted by Crippen LogP contribution is -2.41. The Balaban J connectivity index is 1.57. The number of fused-ring (bicyclic) bond motifs is 1. The normalized spacial score (nSPS) is 17.0. The molecular weight excluding hydrogens is 575 g/mol. The van der Waals surface area contributed by atoms with E-state index in [0.717, 1.165) is 37.4 Å². The number of pyridine rings is 1. The topological polar surface area (TPSA) is 101 Å². The van der Waals surface area contributed by atoms with Crippen LogP contribution in [0.15, 0.2) is 36.4 Å². The highest BCUT2D eigenvalue weighted by molar-refractivity contribution is 5.84. The van der Waals surface area contributed by atoms with Gasteiger partial charge in [0.05, 0.1) is 24.5 Å². The van der Waals surface area contributed by atoms with E-state index in [9.17, 15) is 27.9 Å². The fourth-order valence-corrected chi connectivity index (χ4v) is 5.05. The monoisotopic (exact) mass is 621 g/mol. The molecule has 0 spiro atoms. The number of aromatic nitrogens is 1. The standard InChI is InChI=1S/C33H46F3N3O5/c1-6-32(5,44-17-14-31(2,3)4)13-15-37-28-9-7-8-26(38-28)12-16-43-27-11-10-23-18-24(20-29(40)41)30(42)39(21-25(23)19-27)22-33(34,35)36/h7-11,19,24H,6,12-18,20-22H2,1-5H3,(H,37,38)(H,40,41)/t24-,32?/m0/s1. The van der Waals surface area contributed by atoms with E-state index >= 15 is 0 Å². The molecule has 3 rings (SSSR count). The number of carboxylic acid groups (broad SMARTS) is 1. The van der Waals surface area contributed by atoms with Crippen LogP contribution in [0.5, 0.6) is 5.75 Å². The number of aliphatic carboxylic acids is 1. The zero-order valence-corrected chi connectivity index (χ0v) is 26.4. The van der Waals surface area contributed by atoms with E-state index in [2.05, 4.69) is 44.9 Å². The number of rotatable bonds is 15. The minimum atomic E-state index is -4.60. The van der Waals surface area contributed by atoms with Crippen LogP contribution in [0.2, 0.25) is 0 Å². The predicted molar refractivity (Wildman–Crippen MR) is 163 cm³/mol. The van der Waals surface area contributed by atoms with Gasteiger partial charge in [-0.3, -0.25) is 9.59 Å². The second kappa shape index (κ2) is 15.1. The molecule has 0 saturated heterocycles. The van der Waals surface area contributed by atoms with Crippen LogP contribution < -0.4 is 10.1 Å². The summed E-state index contributed by atoms with van der Waals surface area (Å²) in [5.41, 5.74) is 1.99. The van der Waals surface area contributed by atoms with E-state index in [0.29, 0.717) is 34.7 Å². The quantitative estimate of drug-likeness (QED) is 0.229. The zero-order chi connectivity index (χ0) is 32.5. The van der Waals surface area contributed by atoms with Crippen molar-refractivity contribution in [1.82, 2.24) is 9.88 Å². The number of anilines is 1. The van der Waals surface area contributed by atoms with Gasteiger partial charge in [-0.25, -0.2) is 4.98 Å². The van der Waals surface area contributed by atoms with Crippen LogP contribution in [0, 0.1) is 11.3 Å².